The average Bonchev–Trinajstić information content (AvgIpc) is 1.60. The van der Waals surface area contributed by atoms with Crippen molar-refractivity contribution in [2.75, 3.05) is 0 Å². The first kappa shape index (κ1) is 87.0. The fourth-order valence-electron chi connectivity index (χ4n) is 19.8. The third-order valence-electron chi connectivity index (χ3n) is 26.6. The van der Waals surface area contributed by atoms with Gasteiger partial charge in [0.25, 0.3) is 0 Å². The highest BCUT2D eigenvalue weighted by Crippen LogP contribution is 2.50. The minimum atomic E-state index is -3.79. The first-order valence-electron chi connectivity index (χ1n) is 46.3. The van der Waals surface area contributed by atoms with Crippen molar-refractivity contribution >= 4 is 94.8 Å². The topological polar surface area (TPSA) is 221 Å². The highest BCUT2D eigenvalue weighted by atomic mass is 32.2. The maximum Gasteiger partial charge on any atom is 0.210 e. The minimum absolute atomic E-state index is 0.279. The Hall–Kier alpha value is -17.5. The molecule has 24 aromatic rings. The van der Waals surface area contributed by atoms with Crippen LogP contribution in [0, 0.1) is 0 Å². The van der Waals surface area contributed by atoms with E-state index in [1.54, 1.807) is 90.5 Å². The van der Waals surface area contributed by atoms with Gasteiger partial charge >= 0.3 is 0 Å². The summed E-state index contributed by atoms with van der Waals surface area (Å²) >= 11 is 1.76. The lowest BCUT2D eigenvalue weighted by atomic mass is 9.93. The molecule has 0 N–H and O–H groups in total. The fraction of sp³-hybridized carbons (Fsp3) is 0. The van der Waals surface area contributed by atoms with Crippen LogP contribution < -0.4 is 0 Å². The van der Waals surface area contributed by atoms with Crippen LogP contribution in [-0.2, 0) is 39.3 Å². The van der Waals surface area contributed by atoms with E-state index in [1.165, 1.54) is 15.3 Å². The smallest absolute Gasteiger partial charge is 0.210 e. The van der Waals surface area contributed by atoms with Gasteiger partial charge in [0.05, 0.1) is 106 Å². The Morgan fingerprint density at radius 3 is 0.657 bits per heavy atom. The molecule has 0 saturated heterocycles. The van der Waals surface area contributed by atoms with E-state index in [0.29, 0.717) is 81.6 Å². The molecule has 0 saturated carbocycles. The SMILES string of the molecule is O=S1(=O)c2cc(-c3cc(-c4ccccc4)cc(-c4ccccc4)c3)ccc2-n2c(-c3ccccc3)nc3cccc1c32.O=S1(=O)c2cc(-c3ccc(-c4ccc(-c5ccccc5)s4)cc3)ccc2-n2c(-c3ccccc3)nc3cccc1c32.O=S1(=O)c2cc(-c3ccccc3)ccc2-n2c(-c3ccccc3)nc3cccc1c32.O=S1(=O)c2cc(-c3ccncc3)ccc2-n2c(-c3ccccc3)nc3cccc1c32. The van der Waals surface area contributed by atoms with Gasteiger partial charge in [0.2, 0.25) is 39.3 Å². The van der Waals surface area contributed by atoms with Gasteiger partial charge < -0.3 is 0 Å². The van der Waals surface area contributed by atoms with Crippen LogP contribution in [0.15, 0.2) is 507 Å². The molecular formula is C121H77N9O8S5. The summed E-state index contributed by atoms with van der Waals surface area (Å²) in [5.74, 6) is 2.92. The number of para-hydroxylation sites is 4. The molecule has 0 amide bonds. The second-order valence-electron chi connectivity index (χ2n) is 35.0. The van der Waals surface area contributed by atoms with Gasteiger partial charge in [-0.15, -0.1) is 11.3 Å². The summed E-state index contributed by atoms with van der Waals surface area (Å²) in [6.07, 6.45) is 3.40. The van der Waals surface area contributed by atoms with Crippen molar-refractivity contribution in [2.45, 2.75) is 39.2 Å². The number of benzene rings is 18. The molecule has 0 radical (unpaired) electrons. The summed E-state index contributed by atoms with van der Waals surface area (Å²) in [6, 6.07) is 147. The number of sulfone groups is 4. The standard InChI is InChI=1S/C37H24N2O2S.C35H22N2O2S2.C25H16N2O2S.C24H15N3O2S/c40-42(41)34-18-10-17-32-36(34)39(37(38-32)27-15-8-3-9-16-27)33-20-19-28(24-35(33)42)31-22-29(25-11-4-1-5-12-25)21-30(23-31)26-13-6-2-7-14-26;38-41(39)32-13-7-12-28-34(32)37(35(36-28)26-10-5-2-6-11-26)29-19-18-27(22-33(29)41)23-14-16-25(17-15-23)31-21-20-30(40-31)24-8-3-1-4-9-24;28-30(29)22-13-7-12-20-24(22)27(25(26-20)18-10-5-2-6-11-18)21-15-14-19(16-23(21)30)17-8-3-1-4-9-17;28-30(29)21-8-4-7-19-23(21)27(24(26-19)17-5-2-1-3-6-17)20-10-9-18(15-22(20)30)16-11-13-25-14-12-16/h1-24H;1-22H;1-16H;1-15H. The summed E-state index contributed by atoms with van der Waals surface area (Å²) in [7, 11) is -14.9. The monoisotopic (exact) mass is 1940 g/mol. The summed E-state index contributed by atoms with van der Waals surface area (Å²) in [5, 5.41) is 0. The van der Waals surface area contributed by atoms with Crippen LogP contribution in [0.1, 0.15) is 0 Å². The molecule has 0 fully saturated rings. The lowest BCUT2D eigenvalue weighted by Crippen LogP contribution is -2.15. The number of hydrogen-bond acceptors (Lipinski definition) is 14. The van der Waals surface area contributed by atoms with E-state index in [-0.39, 0.29) is 24.5 Å². The Morgan fingerprint density at radius 2 is 0.378 bits per heavy atom. The number of rotatable bonds is 12. The maximum absolute atomic E-state index is 14.1. The van der Waals surface area contributed by atoms with Crippen LogP contribution in [0.4, 0.5) is 0 Å². The van der Waals surface area contributed by atoms with Crippen molar-refractivity contribution < 1.29 is 33.7 Å². The largest absolute Gasteiger partial charge is 0.290 e. The molecule has 0 spiro atoms. The first-order valence-corrected chi connectivity index (χ1v) is 53.0. The van der Waals surface area contributed by atoms with Crippen LogP contribution in [-0.4, -0.2) is 76.9 Å². The van der Waals surface area contributed by atoms with E-state index in [0.717, 1.165) is 118 Å². The third-order valence-corrected chi connectivity index (χ3v) is 35.0. The molecule has 0 atom stereocenters. The molecule has 28 rings (SSSR count). The molecule has 18 aromatic carbocycles. The molecule has 10 heterocycles. The van der Waals surface area contributed by atoms with Crippen molar-refractivity contribution in [3.63, 3.8) is 0 Å². The highest BCUT2D eigenvalue weighted by Gasteiger charge is 2.40. The zero-order valence-electron chi connectivity index (χ0n) is 75.8. The lowest BCUT2D eigenvalue weighted by Gasteiger charge is -2.22. The van der Waals surface area contributed by atoms with E-state index >= 15 is 0 Å². The van der Waals surface area contributed by atoms with Gasteiger partial charge in [-0.25, -0.2) is 53.6 Å². The molecule has 684 valence electrons. The second-order valence-corrected chi connectivity index (χ2v) is 43.7. The Bertz CT molecular complexity index is 9450. The number of imidazole rings is 4. The number of aromatic nitrogens is 9. The molecule has 0 bridgehead atoms. The Kier molecular flexibility index (Phi) is 21.2. The summed E-state index contributed by atoms with van der Waals surface area (Å²) in [6.45, 7) is 0. The molecule has 0 aliphatic carbocycles. The average molecular weight is 1950 g/mol. The van der Waals surface area contributed by atoms with Gasteiger partial charge in [0, 0.05) is 44.4 Å². The van der Waals surface area contributed by atoms with E-state index in [4.69, 9.17) is 19.9 Å². The Morgan fingerprint density at radius 1 is 0.168 bits per heavy atom. The van der Waals surface area contributed by atoms with Crippen LogP contribution in [0.25, 0.3) is 200 Å². The third kappa shape index (κ3) is 14.9. The Balaban J connectivity index is 0.000000101. The Labute approximate surface area is 827 Å². The van der Waals surface area contributed by atoms with Gasteiger partial charge in [0.15, 0.2) is 0 Å². The molecular weight excluding hydrogens is 1870 g/mol. The first-order chi connectivity index (χ1) is 69.9. The van der Waals surface area contributed by atoms with Crippen molar-refractivity contribution in [1.82, 2.24) is 43.2 Å². The fourth-order valence-corrected chi connectivity index (χ4v) is 27.5. The van der Waals surface area contributed by atoms with Crippen molar-refractivity contribution in [2.24, 2.45) is 0 Å². The van der Waals surface area contributed by atoms with Gasteiger partial charge in [0.1, 0.15) is 23.3 Å². The zero-order valence-corrected chi connectivity index (χ0v) is 79.9. The summed E-state index contributed by atoms with van der Waals surface area (Å²) < 4.78 is 118. The number of thiophene rings is 1. The van der Waals surface area contributed by atoms with Crippen molar-refractivity contribution in [1.29, 1.82) is 0 Å². The zero-order chi connectivity index (χ0) is 96.4. The molecule has 17 nitrogen and oxygen atoms in total. The number of nitrogens with zero attached hydrogens (tertiary/aromatic N) is 9. The predicted molar refractivity (Wildman–Crippen MR) is 567 cm³/mol. The van der Waals surface area contributed by atoms with Crippen LogP contribution in [0.5, 0.6) is 0 Å². The maximum atomic E-state index is 14.1. The van der Waals surface area contributed by atoms with Crippen LogP contribution >= 0.6 is 11.3 Å². The van der Waals surface area contributed by atoms with Crippen molar-refractivity contribution in [3.8, 4) is 156 Å². The highest BCUT2D eigenvalue weighted by molar-refractivity contribution is 7.93. The van der Waals surface area contributed by atoms with Gasteiger partial charge in [-0.1, -0.05) is 315 Å². The van der Waals surface area contributed by atoms with E-state index < -0.39 is 39.3 Å². The van der Waals surface area contributed by atoms with E-state index in [1.807, 2.05) is 303 Å². The number of hydrogen-bond donors (Lipinski definition) is 0. The van der Waals surface area contributed by atoms with Gasteiger partial charge in [-0.2, -0.15) is 0 Å². The molecule has 6 aromatic heterocycles. The van der Waals surface area contributed by atoms with Crippen molar-refractivity contribution in [3.05, 3.63) is 467 Å². The van der Waals surface area contributed by atoms with Crippen LogP contribution in [0.2, 0.25) is 0 Å². The molecule has 0 unspecified atom stereocenters. The molecule has 4 aliphatic rings. The predicted octanol–water partition coefficient (Wildman–Crippen LogP) is 28.1. The van der Waals surface area contributed by atoms with Crippen LogP contribution in [0.3, 0.4) is 0 Å². The van der Waals surface area contributed by atoms with Gasteiger partial charge in [-0.3, -0.25) is 23.3 Å². The number of fused-ring (bicyclic) bond motifs is 8. The second kappa shape index (κ2) is 34.8. The molecule has 4 aliphatic heterocycles. The van der Waals surface area contributed by atoms with E-state index in [9.17, 15) is 33.7 Å². The number of pyridine rings is 1. The molecule has 22 heteroatoms. The van der Waals surface area contributed by atoms with Gasteiger partial charge in [-0.05, 0) is 217 Å². The summed E-state index contributed by atoms with van der Waals surface area (Å²) in [4.78, 5) is 28.1. The molecule has 143 heavy (non-hydrogen) atoms. The summed E-state index contributed by atoms with van der Waals surface area (Å²) in [5.41, 5.74) is 25.3. The lowest BCUT2D eigenvalue weighted by molar-refractivity contribution is 0.593. The normalized spacial score (nSPS) is 13.5. The van der Waals surface area contributed by atoms with E-state index in [2.05, 4.69) is 108 Å². The quantitative estimate of drug-likeness (QED) is 0.111. The minimum Gasteiger partial charge on any atom is -0.290 e.